The van der Waals surface area contributed by atoms with E-state index in [1.807, 2.05) is 33.9 Å². The van der Waals surface area contributed by atoms with Crippen molar-refractivity contribution in [2.24, 2.45) is 0 Å². The van der Waals surface area contributed by atoms with E-state index in [2.05, 4.69) is 5.48 Å². The summed E-state index contributed by atoms with van der Waals surface area (Å²) in [4.78, 5) is 21.6. The van der Waals surface area contributed by atoms with Crippen molar-refractivity contribution in [3.63, 3.8) is 0 Å². The molecule has 116 valence electrons. The van der Waals surface area contributed by atoms with Gasteiger partial charge in [-0.05, 0) is 30.3 Å². The smallest absolute Gasteiger partial charge is 0.409 e. The zero-order chi connectivity index (χ0) is 16.3. The number of nitro benzene ring substituents is 1. The molecule has 0 saturated carbocycles. The number of nitro groups is 1. The van der Waals surface area contributed by atoms with E-state index in [0.29, 0.717) is 0 Å². The molecule has 21 heavy (non-hydrogen) atoms. The Balaban J connectivity index is 2.56. The second kappa shape index (κ2) is 6.23. The molecule has 0 aromatic heterocycles. The molecule has 1 aromatic rings. The van der Waals surface area contributed by atoms with Crippen molar-refractivity contribution < 1.29 is 19.0 Å². The van der Waals surface area contributed by atoms with Gasteiger partial charge < -0.3 is 9.26 Å². The molecule has 0 fully saturated rings. The number of nitrogens with one attached hydrogen (secondary N) is 1. The minimum absolute atomic E-state index is 0.0480. The molecule has 8 heteroatoms. The fourth-order valence-electron chi connectivity index (χ4n) is 1.09. The van der Waals surface area contributed by atoms with Gasteiger partial charge in [0.2, 0.25) is 8.32 Å². The van der Waals surface area contributed by atoms with Crippen LogP contribution in [0.25, 0.3) is 0 Å². The normalized spacial score (nSPS) is 11.9. The van der Waals surface area contributed by atoms with Gasteiger partial charge in [0, 0.05) is 12.1 Å². The second-order valence-electron chi connectivity index (χ2n) is 6.10. The van der Waals surface area contributed by atoms with E-state index in [-0.39, 0.29) is 16.5 Å². The molecular weight excluding hydrogens is 292 g/mol. The molecule has 1 rings (SSSR count). The fourth-order valence-corrected chi connectivity index (χ4v) is 1.73. The number of benzene rings is 1. The minimum atomic E-state index is -2.11. The predicted molar refractivity (Wildman–Crippen MR) is 80.5 cm³/mol. The highest BCUT2D eigenvalue weighted by Crippen LogP contribution is 2.35. The Morgan fingerprint density at radius 2 is 1.76 bits per heavy atom. The topological polar surface area (TPSA) is 90.7 Å². The van der Waals surface area contributed by atoms with Gasteiger partial charge in [0.15, 0.2) is 0 Å². The summed E-state index contributed by atoms with van der Waals surface area (Å²) in [6.07, 6.45) is -0.756. The number of carbonyl (C=O) groups is 1. The number of non-ortho nitro benzene ring substituents is 1. The van der Waals surface area contributed by atoms with Crippen molar-refractivity contribution in [2.75, 3.05) is 0 Å². The summed E-state index contributed by atoms with van der Waals surface area (Å²) >= 11 is 0. The molecule has 1 amide bonds. The number of carbonyl (C=O) groups excluding carboxylic acids is 1. The standard InChI is InChI=1S/C13H20N2O5Si/c1-13(2,3)21(4,5)20-14-12(16)19-11-8-6-10(7-9-11)15(17)18/h6-9H,1-5H3,(H,14,16). The first-order valence-corrected chi connectivity index (χ1v) is 9.34. The molecule has 1 aromatic carbocycles. The zero-order valence-corrected chi connectivity index (χ0v) is 13.8. The van der Waals surface area contributed by atoms with Crippen molar-refractivity contribution in [1.29, 1.82) is 0 Å². The van der Waals surface area contributed by atoms with Crippen molar-refractivity contribution in [3.8, 4) is 5.75 Å². The number of hydrogen-bond donors (Lipinski definition) is 1. The molecule has 0 unspecified atom stereocenters. The largest absolute Gasteiger partial charge is 0.435 e. The number of ether oxygens (including phenoxy) is 1. The monoisotopic (exact) mass is 312 g/mol. The third-order valence-electron chi connectivity index (χ3n) is 3.45. The van der Waals surface area contributed by atoms with E-state index < -0.39 is 19.3 Å². The van der Waals surface area contributed by atoms with Gasteiger partial charge in [-0.2, -0.15) is 0 Å². The average Bonchev–Trinajstić information content (AvgIpc) is 2.36. The van der Waals surface area contributed by atoms with Crippen LogP contribution in [0.2, 0.25) is 18.1 Å². The number of amides is 1. The van der Waals surface area contributed by atoms with E-state index in [0.717, 1.165) is 0 Å². The van der Waals surface area contributed by atoms with Crippen LogP contribution in [0.1, 0.15) is 20.8 Å². The molecule has 7 nitrogen and oxygen atoms in total. The van der Waals surface area contributed by atoms with Gasteiger partial charge in [0.25, 0.3) is 5.69 Å². The first-order chi connectivity index (χ1) is 9.53. The summed E-state index contributed by atoms with van der Waals surface area (Å²) in [5.74, 6) is 0.205. The lowest BCUT2D eigenvalue weighted by molar-refractivity contribution is -0.384. The van der Waals surface area contributed by atoms with Crippen LogP contribution in [-0.4, -0.2) is 19.3 Å². The first kappa shape index (κ1) is 17.1. The van der Waals surface area contributed by atoms with E-state index in [4.69, 9.17) is 9.26 Å². The highest BCUT2D eigenvalue weighted by atomic mass is 28.4. The van der Waals surface area contributed by atoms with Crippen LogP contribution >= 0.6 is 0 Å². The van der Waals surface area contributed by atoms with Gasteiger partial charge in [-0.25, -0.2) is 10.3 Å². The zero-order valence-electron chi connectivity index (χ0n) is 12.8. The first-order valence-electron chi connectivity index (χ1n) is 6.43. The van der Waals surface area contributed by atoms with Crippen molar-refractivity contribution in [3.05, 3.63) is 34.4 Å². The van der Waals surface area contributed by atoms with Crippen LogP contribution in [0.3, 0.4) is 0 Å². The van der Waals surface area contributed by atoms with E-state index in [9.17, 15) is 14.9 Å². The highest BCUT2D eigenvalue weighted by Gasteiger charge is 2.38. The number of hydroxylamine groups is 1. The average molecular weight is 312 g/mol. The van der Waals surface area contributed by atoms with E-state index in [1.54, 1.807) is 0 Å². The lowest BCUT2D eigenvalue weighted by Crippen LogP contribution is -2.47. The summed E-state index contributed by atoms with van der Waals surface area (Å²) in [6.45, 7) is 10.1. The molecule has 0 aliphatic heterocycles. The maximum atomic E-state index is 11.6. The molecule has 0 aliphatic rings. The molecule has 0 radical (unpaired) electrons. The lowest BCUT2D eigenvalue weighted by atomic mass is 10.2. The molecular formula is C13H20N2O5Si. The molecule has 0 heterocycles. The Kier molecular flexibility index (Phi) is 5.08. The Morgan fingerprint density at radius 1 is 1.24 bits per heavy atom. The predicted octanol–water partition coefficient (Wildman–Crippen LogP) is 3.62. The Labute approximate surface area is 124 Å². The number of rotatable bonds is 4. The SMILES string of the molecule is CC(C)(C)[Si](C)(C)ONC(=O)Oc1ccc([N+](=O)[O-])cc1. The van der Waals surface area contributed by atoms with Crippen LogP contribution in [0.5, 0.6) is 5.75 Å². The molecule has 0 saturated heterocycles. The second-order valence-corrected chi connectivity index (χ2v) is 10.8. The summed E-state index contributed by atoms with van der Waals surface area (Å²) < 4.78 is 10.5. The lowest BCUT2D eigenvalue weighted by Gasteiger charge is -2.34. The quantitative estimate of drug-likeness (QED) is 0.521. The van der Waals surface area contributed by atoms with Crippen molar-refractivity contribution in [1.82, 2.24) is 5.48 Å². The van der Waals surface area contributed by atoms with Crippen LogP contribution in [-0.2, 0) is 4.53 Å². The Hall–Kier alpha value is -1.93. The van der Waals surface area contributed by atoms with Crippen LogP contribution in [0.15, 0.2) is 24.3 Å². The van der Waals surface area contributed by atoms with E-state index >= 15 is 0 Å². The fraction of sp³-hybridized carbons (Fsp3) is 0.462. The maximum absolute atomic E-state index is 11.6. The summed E-state index contributed by atoms with van der Waals surface area (Å²) in [6, 6.07) is 5.22. The van der Waals surface area contributed by atoms with Crippen LogP contribution < -0.4 is 10.2 Å². The Morgan fingerprint density at radius 3 is 2.19 bits per heavy atom. The van der Waals surface area contributed by atoms with Gasteiger partial charge in [0.1, 0.15) is 5.75 Å². The van der Waals surface area contributed by atoms with Gasteiger partial charge in [0.05, 0.1) is 4.92 Å². The molecule has 0 aliphatic carbocycles. The van der Waals surface area contributed by atoms with Gasteiger partial charge in [-0.1, -0.05) is 20.8 Å². The summed E-state index contributed by atoms with van der Waals surface area (Å²) in [7, 11) is -2.11. The third kappa shape index (κ3) is 4.83. The Bertz CT molecular complexity index is 522. The highest BCUT2D eigenvalue weighted by molar-refractivity contribution is 6.74. The molecule has 0 atom stereocenters. The van der Waals surface area contributed by atoms with Gasteiger partial charge in [-0.3, -0.25) is 10.1 Å². The number of hydrogen-bond acceptors (Lipinski definition) is 5. The van der Waals surface area contributed by atoms with Gasteiger partial charge in [-0.15, -0.1) is 0 Å². The summed E-state index contributed by atoms with van der Waals surface area (Å²) in [5.41, 5.74) is 2.21. The van der Waals surface area contributed by atoms with Crippen molar-refractivity contribution >= 4 is 20.1 Å². The third-order valence-corrected chi connectivity index (χ3v) is 7.68. The molecule has 1 N–H and O–H groups in total. The van der Waals surface area contributed by atoms with Crippen LogP contribution in [0.4, 0.5) is 10.5 Å². The number of nitrogens with zero attached hydrogens (tertiary/aromatic N) is 1. The molecule has 0 spiro atoms. The molecule has 0 bridgehead atoms. The van der Waals surface area contributed by atoms with Crippen molar-refractivity contribution in [2.45, 2.75) is 38.9 Å². The van der Waals surface area contributed by atoms with Gasteiger partial charge >= 0.3 is 6.09 Å². The minimum Gasteiger partial charge on any atom is -0.409 e. The maximum Gasteiger partial charge on any atom is 0.435 e. The van der Waals surface area contributed by atoms with E-state index in [1.165, 1.54) is 24.3 Å². The van der Waals surface area contributed by atoms with Crippen LogP contribution in [0, 0.1) is 10.1 Å². The summed E-state index contributed by atoms with van der Waals surface area (Å²) in [5, 5.41) is 10.5.